The van der Waals surface area contributed by atoms with E-state index in [-0.39, 0.29) is 11.8 Å². The topological polar surface area (TPSA) is 67.4 Å². The lowest BCUT2D eigenvalue weighted by molar-refractivity contribution is -0.111. The number of anilines is 1. The van der Waals surface area contributed by atoms with Crippen LogP contribution in [0.15, 0.2) is 48.5 Å². The van der Waals surface area contributed by atoms with Gasteiger partial charge in [0.1, 0.15) is 5.75 Å². The Morgan fingerprint density at radius 1 is 1.14 bits per heavy atom. The highest BCUT2D eigenvalue weighted by Crippen LogP contribution is 2.20. The van der Waals surface area contributed by atoms with Crippen LogP contribution in [0.5, 0.6) is 5.75 Å². The van der Waals surface area contributed by atoms with Crippen LogP contribution in [-0.2, 0) is 4.79 Å². The largest absolute Gasteiger partial charge is 0.493 e. The molecule has 0 heterocycles. The molecule has 2 amide bonds. The molecule has 2 aromatic rings. The summed E-state index contributed by atoms with van der Waals surface area (Å²) < 4.78 is 5.56. The van der Waals surface area contributed by atoms with Gasteiger partial charge in [-0.1, -0.05) is 32.0 Å². The number of carbonyl (C=O) groups is 2. The highest BCUT2D eigenvalue weighted by molar-refractivity contribution is 6.03. The molecule has 5 nitrogen and oxygen atoms in total. The predicted molar refractivity (Wildman–Crippen MR) is 114 cm³/mol. The Kier molecular flexibility index (Phi) is 7.81. The zero-order valence-electron chi connectivity index (χ0n) is 16.9. The second kappa shape index (κ2) is 10.3. The average Bonchev–Trinajstić information content (AvgIpc) is 2.67. The van der Waals surface area contributed by atoms with Crippen molar-refractivity contribution in [3.63, 3.8) is 0 Å². The van der Waals surface area contributed by atoms with Crippen molar-refractivity contribution >= 4 is 23.6 Å². The van der Waals surface area contributed by atoms with Gasteiger partial charge in [0.15, 0.2) is 0 Å². The maximum Gasteiger partial charge on any atom is 0.251 e. The number of carbonyl (C=O) groups excluding carboxylic acids is 2. The van der Waals surface area contributed by atoms with Crippen molar-refractivity contribution in [2.75, 3.05) is 18.5 Å². The minimum atomic E-state index is -0.244. The van der Waals surface area contributed by atoms with Gasteiger partial charge in [-0.25, -0.2) is 0 Å². The first-order chi connectivity index (χ1) is 13.4. The van der Waals surface area contributed by atoms with Crippen molar-refractivity contribution in [3.8, 4) is 5.75 Å². The first-order valence-corrected chi connectivity index (χ1v) is 9.50. The molecule has 0 aliphatic heterocycles. The van der Waals surface area contributed by atoms with Crippen LogP contribution in [0.1, 0.15) is 42.3 Å². The van der Waals surface area contributed by atoms with Crippen LogP contribution in [0.2, 0.25) is 0 Å². The first-order valence-electron chi connectivity index (χ1n) is 9.50. The van der Waals surface area contributed by atoms with Crippen LogP contribution in [0, 0.1) is 12.8 Å². The fraction of sp³-hybridized carbons (Fsp3) is 0.304. The standard InChI is InChI=1S/C23H28N2O3/c1-5-28-21-9-7-6-8-18(21)11-13-22(26)25-20-12-10-19(14-17(20)4)23(27)24-15-16(2)3/h6-14,16H,5,15H2,1-4H3,(H,24,27)(H,25,26)/b13-11+. The SMILES string of the molecule is CCOc1ccccc1/C=C/C(=O)Nc1ccc(C(=O)NCC(C)C)cc1C. The molecule has 2 aromatic carbocycles. The van der Waals surface area contributed by atoms with Crippen molar-refractivity contribution in [3.05, 3.63) is 65.2 Å². The van der Waals surface area contributed by atoms with Crippen molar-refractivity contribution in [1.82, 2.24) is 5.32 Å². The van der Waals surface area contributed by atoms with Gasteiger partial charge >= 0.3 is 0 Å². The average molecular weight is 380 g/mol. The molecule has 0 saturated heterocycles. The quantitative estimate of drug-likeness (QED) is 0.666. The summed E-state index contributed by atoms with van der Waals surface area (Å²) in [5.74, 6) is 0.777. The number of rotatable bonds is 8. The van der Waals surface area contributed by atoms with E-state index in [4.69, 9.17) is 4.74 Å². The zero-order chi connectivity index (χ0) is 20.5. The molecular weight excluding hydrogens is 352 g/mol. The molecular formula is C23H28N2O3. The van der Waals surface area contributed by atoms with Crippen LogP contribution in [0.25, 0.3) is 6.08 Å². The summed E-state index contributed by atoms with van der Waals surface area (Å²) in [6.45, 7) is 9.07. The number of amides is 2. The van der Waals surface area contributed by atoms with Gasteiger partial charge in [0.05, 0.1) is 6.61 Å². The van der Waals surface area contributed by atoms with Crippen molar-refractivity contribution in [2.45, 2.75) is 27.7 Å². The molecule has 0 bridgehead atoms. The van der Waals surface area contributed by atoms with Gasteiger partial charge in [0.2, 0.25) is 5.91 Å². The van der Waals surface area contributed by atoms with Crippen molar-refractivity contribution < 1.29 is 14.3 Å². The number of ether oxygens (including phenoxy) is 1. The highest BCUT2D eigenvalue weighted by atomic mass is 16.5. The van der Waals surface area contributed by atoms with Crippen LogP contribution >= 0.6 is 0 Å². The van der Waals surface area contributed by atoms with Gasteiger partial charge in [0.25, 0.3) is 5.91 Å². The Balaban J connectivity index is 2.03. The van der Waals surface area contributed by atoms with E-state index >= 15 is 0 Å². The fourth-order valence-electron chi connectivity index (χ4n) is 2.59. The Morgan fingerprint density at radius 3 is 2.57 bits per heavy atom. The number of hydrogen-bond donors (Lipinski definition) is 2. The van der Waals surface area contributed by atoms with E-state index in [1.165, 1.54) is 6.08 Å². The van der Waals surface area contributed by atoms with E-state index < -0.39 is 0 Å². The molecule has 0 radical (unpaired) electrons. The molecule has 0 aliphatic rings. The van der Waals surface area contributed by atoms with Crippen molar-refractivity contribution in [1.29, 1.82) is 0 Å². The monoisotopic (exact) mass is 380 g/mol. The van der Waals surface area contributed by atoms with E-state index in [1.807, 2.05) is 52.0 Å². The van der Waals surface area contributed by atoms with Crippen LogP contribution in [-0.4, -0.2) is 25.0 Å². The third-order valence-corrected chi connectivity index (χ3v) is 4.05. The molecule has 5 heteroatoms. The molecule has 0 atom stereocenters. The predicted octanol–water partition coefficient (Wildman–Crippen LogP) is 4.43. The van der Waals surface area contributed by atoms with Gasteiger partial charge < -0.3 is 15.4 Å². The van der Waals surface area contributed by atoms with E-state index in [0.717, 1.165) is 16.9 Å². The van der Waals surface area contributed by atoms with E-state index in [0.29, 0.717) is 30.3 Å². The second-order valence-electron chi connectivity index (χ2n) is 6.93. The summed E-state index contributed by atoms with van der Waals surface area (Å²) in [5.41, 5.74) is 2.92. The highest BCUT2D eigenvalue weighted by Gasteiger charge is 2.09. The zero-order valence-corrected chi connectivity index (χ0v) is 16.9. The van der Waals surface area contributed by atoms with Crippen LogP contribution < -0.4 is 15.4 Å². The van der Waals surface area contributed by atoms with Gasteiger partial charge in [0, 0.05) is 29.4 Å². The lowest BCUT2D eigenvalue weighted by Gasteiger charge is -2.11. The molecule has 0 unspecified atom stereocenters. The third-order valence-electron chi connectivity index (χ3n) is 4.05. The Morgan fingerprint density at radius 2 is 1.89 bits per heavy atom. The molecule has 0 aliphatic carbocycles. The summed E-state index contributed by atoms with van der Waals surface area (Å²) in [6, 6.07) is 12.8. The number of nitrogens with one attached hydrogen (secondary N) is 2. The van der Waals surface area contributed by atoms with Gasteiger partial charge in [-0.15, -0.1) is 0 Å². The Bertz CT molecular complexity index is 857. The summed E-state index contributed by atoms with van der Waals surface area (Å²) in [5, 5.41) is 5.74. The normalized spacial score (nSPS) is 10.9. The molecule has 2 rings (SSSR count). The van der Waals surface area contributed by atoms with E-state index in [9.17, 15) is 9.59 Å². The fourth-order valence-corrected chi connectivity index (χ4v) is 2.59. The van der Waals surface area contributed by atoms with Gasteiger partial charge in [-0.05, 0) is 55.7 Å². The summed E-state index contributed by atoms with van der Waals surface area (Å²) >= 11 is 0. The molecule has 0 saturated carbocycles. The number of hydrogen-bond acceptors (Lipinski definition) is 3. The second-order valence-corrected chi connectivity index (χ2v) is 6.93. The number of para-hydroxylation sites is 1. The molecule has 0 fully saturated rings. The Hall–Kier alpha value is -3.08. The minimum absolute atomic E-state index is 0.109. The van der Waals surface area contributed by atoms with E-state index in [1.54, 1.807) is 24.3 Å². The first kappa shape index (κ1) is 21.2. The lowest BCUT2D eigenvalue weighted by Crippen LogP contribution is -2.27. The number of aryl methyl sites for hydroxylation is 1. The third kappa shape index (κ3) is 6.27. The molecule has 0 spiro atoms. The lowest BCUT2D eigenvalue weighted by atomic mass is 10.1. The van der Waals surface area contributed by atoms with E-state index in [2.05, 4.69) is 10.6 Å². The van der Waals surface area contributed by atoms with Gasteiger partial charge in [-0.2, -0.15) is 0 Å². The maximum atomic E-state index is 12.3. The van der Waals surface area contributed by atoms with Crippen LogP contribution in [0.3, 0.4) is 0 Å². The van der Waals surface area contributed by atoms with Gasteiger partial charge in [-0.3, -0.25) is 9.59 Å². The molecule has 148 valence electrons. The molecule has 28 heavy (non-hydrogen) atoms. The van der Waals surface area contributed by atoms with Crippen LogP contribution in [0.4, 0.5) is 5.69 Å². The minimum Gasteiger partial charge on any atom is -0.493 e. The Labute approximate surface area is 166 Å². The molecule has 0 aromatic heterocycles. The summed E-state index contributed by atoms with van der Waals surface area (Å²) in [6.07, 6.45) is 3.20. The summed E-state index contributed by atoms with van der Waals surface area (Å²) in [4.78, 5) is 24.4. The summed E-state index contributed by atoms with van der Waals surface area (Å²) in [7, 11) is 0. The maximum absolute atomic E-state index is 12.3. The molecule has 2 N–H and O–H groups in total. The number of benzene rings is 2. The smallest absolute Gasteiger partial charge is 0.251 e. The van der Waals surface area contributed by atoms with Crippen molar-refractivity contribution in [2.24, 2.45) is 5.92 Å².